The molecule has 0 fully saturated rings. The highest BCUT2D eigenvalue weighted by molar-refractivity contribution is 6.28. The van der Waals surface area contributed by atoms with Crippen LogP contribution >= 0.6 is 11.6 Å². The average molecular weight is 207 g/mol. The Hall–Kier alpha value is -1.55. The van der Waals surface area contributed by atoms with Gasteiger partial charge in [-0.05, 0) is 24.1 Å². The third-order valence-electron chi connectivity index (χ3n) is 1.78. The van der Waals surface area contributed by atoms with Crippen molar-refractivity contribution in [1.82, 2.24) is 19.9 Å². The van der Waals surface area contributed by atoms with Crippen LogP contribution in [0.2, 0.25) is 5.28 Å². The topological polar surface area (TPSA) is 51.6 Å². The zero-order valence-electron chi connectivity index (χ0n) is 7.48. The average Bonchev–Trinajstić information content (AvgIpc) is 2.23. The van der Waals surface area contributed by atoms with Gasteiger partial charge in [0.25, 0.3) is 0 Å². The number of hydrogen-bond donors (Lipinski definition) is 0. The Morgan fingerprint density at radius 3 is 2.57 bits per heavy atom. The van der Waals surface area contributed by atoms with Crippen LogP contribution in [-0.4, -0.2) is 19.9 Å². The van der Waals surface area contributed by atoms with E-state index in [1.54, 1.807) is 18.6 Å². The maximum absolute atomic E-state index is 5.70. The van der Waals surface area contributed by atoms with E-state index in [1.165, 1.54) is 6.33 Å². The number of aromatic nitrogens is 4. The van der Waals surface area contributed by atoms with E-state index in [0.717, 1.165) is 16.8 Å². The van der Waals surface area contributed by atoms with Crippen LogP contribution in [0.1, 0.15) is 5.56 Å². The molecule has 0 aromatic carbocycles. The highest BCUT2D eigenvalue weighted by atomic mass is 35.5. The van der Waals surface area contributed by atoms with Gasteiger partial charge in [0.15, 0.2) is 0 Å². The summed E-state index contributed by atoms with van der Waals surface area (Å²) < 4.78 is 0. The summed E-state index contributed by atoms with van der Waals surface area (Å²) in [5, 5.41) is 0.231. The van der Waals surface area contributed by atoms with Gasteiger partial charge in [-0.25, -0.2) is 19.9 Å². The summed E-state index contributed by atoms with van der Waals surface area (Å²) in [4.78, 5) is 15.8. The fourth-order valence-corrected chi connectivity index (χ4v) is 1.27. The molecular weight excluding hydrogens is 200 g/mol. The van der Waals surface area contributed by atoms with E-state index in [1.807, 2.05) is 6.92 Å². The first-order valence-corrected chi connectivity index (χ1v) is 4.39. The molecule has 0 bridgehead atoms. The van der Waals surface area contributed by atoms with E-state index in [2.05, 4.69) is 19.9 Å². The minimum absolute atomic E-state index is 0.231. The van der Waals surface area contributed by atoms with Crippen molar-refractivity contribution in [3.63, 3.8) is 0 Å². The van der Waals surface area contributed by atoms with Gasteiger partial charge < -0.3 is 0 Å². The summed E-state index contributed by atoms with van der Waals surface area (Å²) in [7, 11) is 0. The van der Waals surface area contributed by atoms with Crippen molar-refractivity contribution in [3.05, 3.63) is 35.8 Å². The second-order valence-corrected chi connectivity index (χ2v) is 3.14. The van der Waals surface area contributed by atoms with Gasteiger partial charge in [0.2, 0.25) is 5.28 Å². The van der Waals surface area contributed by atoms with Crippen molar-refractivity contribution in [2.75, 3.05) is 0 Å². The monoisotopic (exact) mass is 206 g/mol. The van der Waals surface area contributed by atoms with E-state index < -0.39 is 0 Å². The van der Waals surface area contributed by atoms with Gasteiger partial charge in [-0.15, -0.1) is 0 Å². The molecule has 70 valence electrons. The molecule has 0 unspecified atom stereocenters. The third-order valence-corrected chi connectivity index (χ3v) is 1.96. The minimum Gasteiger partial charge on any atom is -0.244 e. The number of halogens is 1. The van der Waals surface area contributed by atoms with Crippen LogP contribution in [0, 0.1) is 6.92 Å². The van der Waals surface area contributed by atoms with E-state index >= 15 is 0 Å². The molecule has 0 aliphatic rings. The Kier molecular flexibility index (Phi) is 2.37. The maximum atomic E-state index is 5.70. The second kappa shape index (κ2) is 3.67. The maximum Gasteiger partial charge on any atom is 0.222 e. The highest BCUT2D eigenvalue weighted by Gasteiger charge is 2.05. The van der Waals surface area contributed by atoms with Crippen LogP contribution in [0.3, 0.4) is 0 Å². The van der Waals surface area contributed by atoms with Crippen LogP contribution in [0.25, 0.3) is 11.3 Å². The molecular formula is C9H7ClN4. The van der Waals surface area contributed by atoms with Crippen LogP contribution in [-0.2, 0) is 0 Å². The largest absolute Gasteiger partial charge is 0.244 e. The fourth-order valence-electron chi connectivity index (χ4n) is 1.13. The van der Waals surface area contributed by atoms with E-state index in [-0.39, 0.29) is 5.28 Å². The molecule has 2 rings (SSSR count). The molecule has 2 heterocycles. The Bertz CT molecular complexity index is 444. The number of hydrogen-bond acceptors (Lipinski definition) is 4. The molecule has 0 amide bonds. The molecule has 0 N–H and O–H groups in total. The lowest BCUT2D eigenvalue weighted by atomic mass is 10.1. The smallest absolute Gasteiger partial charge is 0.222 e. The zero-order chi connectivity index (χ0) is 9.97. The number of rotatable bonds is 1. The minimum atomic E-state index is 0.231. The SMILES string of the molecule is Cc1cnc(Cl)nc1-c1cncnc1. The molecule has 2 aromatic heterocycles. The molecule has 5 heteroatoms. The van der Waals surface area contributed by atoms with Gasteiger partial charge >= 0.3 is 0 Å². The van der Waals surface area contributed by atoms with E-state index in [4.69, 9.17) is 11.6 Å². The zero-order valence-corrected chi connectivity index (χ0v) is 8.23. The van der Waals surface area contributed by atoms with Crippen LogP contribution in [0.4, 0.5) is 0 Å². The first-order chi connectivity index (χ1) is 6.77. The van der Waals surface area contributed by atoms with Gasteiger partial charge in [-0.1, -0.05) is 0 Å². The summed E-state index contributed by atoms with van der Waals surface area (Å²) in [5.74, 6) is 0. The predicted molar refractivity (Wildman–Crippen MR) is 52.8 cm³/mol. The lowest BCUT2D eigenvalue weighted by molar-refractivity contribution is 1.11. The van der Waals surface area contributed by atoms with Crippen molar-refractivity contribution < 1.29 is 0 Å². The van der Waals surface area contributed by atoms with Gasteiger partial charge in [0.05, 0.1) is 5.69 Å². The number of nitrogens with zero attached hydrogens (tertiary/aromatic N) is 4. The van der Waals surface area contributed by atoms with Crippen LogP contribution in [0.5, 0.6) is 0 Å². The molecule has 0 atom stereocenters. The summed E-state index contributed by atoms with van der Waals surface area (Å²) >= 11 is 5.70. The van der Waals surface area contributed by atoms with Crippen molar-refractivity contribution in [3.8, 4) is 11.3 Å². The fraction of sp³-hybridized carbons (Fsp3) is 0.111. The molecule has 4 nitrogen and oxygen atoms in total. The molecule has 0 saturated carbocycles. The van der Waals surface area contributed by atoms with Crippen LogP contribution < -0.4 is 0 Å². The van der Waals surface area contributed by atoms with Gasteiger partial charge in [-0.2, -0.15) is 0 Å². The van der Waals surface area contributed by atoms with E-state index in [0.29, 0.717) is 0 Å². The van der Waals surface area contributed by atoms with Gasteiger partial charge in [0.1, 0.15) is 6.33 Å². The first kappa shape index (κ1) is 9.02. The molecule has 0 aliphatic carbocycles. The van der Waals surface area contributed by atoms with Gasteiger partial charge in [0, 0.05) is 24.2 Å². The highest BCUT2D eigenvalue weighted by Crippen LogP contribution is 2.19. The Morgan fingerprint density at radius 2 is 1.86 bits per heavy atom. The summed E-state index contributed by atoms with van der Waals surface area (Å²) in [6, 6.07) is 0. The molecule has 0 spiro atoms. The molecule has 14 heavy (non-hydrogen) atoms. The third kappa shape index (κ3) is 1.70. The first-order valence-electron chi connectivity index (χ1n) is 4.02. The summed E-state index contributed by atoms with van der Waals surface area (Å²) in [6.45, 7) is 1.92. The van der Waals surface area contributed by atoms with Crippen molar-refractivity contribution in [1.29, 1.82) is 0 Å². The molecule has 0 saturated heterocycles. The quantitative estimate of drug-likeness (QED) is 0.669. The Morgan fingerprint density at radius 1 is 1.14 bits per heavy atom. The van der Waals surface area contributed by atoms with Gasteiger partial charge in [-0.3, -0.25) is 0 Å². The van der Waals surface area contributed by atoms with Crippen molar-refractivity contribution >= 4 is 11.6 Å². The van der Waals surface area contributed by atoms with Crippen molar-refractivity contribution in [2.45, 2.75) is 6.92 Å². The van der Waals surface area contributed by atoms with Crippen molar-refractivity contribution in [2.24, 2.45) is 0 Å². The number of aryl methyl sites for hydroxylation is 1. The molecule has 0 radical (unpaired) electrons. The predicted octanol–water partition coefficient (Wildman–Crippen LogP) is 1.90. The second-order valence-electron chi connectivity index (χ2n) is 2.80. The normalized spacial score (nSPS) is 10.1. The molecule has 0 aliphatic heterocycles. The lowest BCUT2D eigenvalue weighted by Crippen LogP contribution is -1.92. The Balaban J connectivity index is 2.57. The standard InChI is InChI=1S/C9H7ClN4/c1-6-2-13-9(10)14-8(6)7-3-11-5-12-4-7/h2-5H,1H3. The van der Waals surface area contributed by atoms with E-state index in [9.17, 15) is 0 Å². The summed E-state index contributed by atoms with van der Waals surface area (Å²) in [6.07, 6.45) is 6.54. The van der Waals surface area contributed by atoms with Crippen LogP contribution in [0.15, 0.2) is 24.9 Å². The Labute approximate surface area is 86.0 Å². The molecule has 2 aromatic rings. The summed E-state index contributed by atoms with van der Waals surface area (Å²) in [5.41, 5.74) is 2.56. The lowest BCUT2D eigenvalue weighted by Gasteiger charge is -2.02.